The summed E-state index contributed by atoms with van der Waals surface area (Å²) in [5.74, 6) is 0.265. The second kappa shape index (κ2) is 18.0. The van der Waals surface area contributed by atoms with Crippen molar-refractivity contribution in [2.45, 2.75) is 12.3 Å². The molecule has 2 nitrogen and oxygen atoms in total. The van der Waals surface area contributed by atoms with Crippen molar-refractivity contribution in [3.8, 4) is 78.0 Å². The van der Waals surface area contributed by atoms with Crippen LogP contribution in [0, 0.1) is 0 Å². The molecule has 3 heteroatoms. The summed E-state index contributed by atoms with van der Waals surface area (Å²) in [6.45, 7) is 0. The van der Waals surface area contributed by atoms with Crippen molar-refractivity contribution in [3.05, 3.63) is 271 Å². The van der Waals surface area contributed by atoms with Gasteiger partial charge in [-0.15, -0.1) is 11.3 Å². The van der Waals surface area contributed by atoms with Crippen LogP contribution >= 0.6 is 11.3 Å². The van der Waals surface area contributed by atoms with Crippen molar-refractivity contribution in [2.24, 2.45) is 0 Å². The number of nitrogens with zero attached hydrogens (tertiary/aromatic N) is 2. The molecule has 0 fully saturated rings. The molecule has 1 atom stereocenters. The minimum Gasteiger partial charge on any atom is -0.252 e. The minimum absolute atomic E-state index is 0.265. The Hall–Kier alpha value is -9.02. The van der Waals surface area contributed by atoms with Crippen molar-refractivity contribution >= 4 is 60.1 Å². The van der Waals surface area contributed by atoms with Gasteiger partial charge in [-0.1, -0.05) is 212 Å². The fourth-order valence-corrected chi connectivity index (χ4v) is 12.4. The third-order valence-electron chi connectivity index (χ3n) is 14.8. The lowest BCUT2D eigenvalue weighted by Gasteiger charge is -2.19. The highest BCUT2D eigenvalue weighted by Crippen LogP contribution is 2.47. The fourth-order valence-electron chi connectivity index (χ4n) is 11.1. The number of aromatic nitrogens is 2. The smallest absolute Gasteiger partial charge is 0.0979 e. The number of benzene rings is 11. The van der Waals surface area contributed by atoms with Crippen LogP contribution in [0.25, 0.3) is 127 Å². The Balaban J connectivity index is 0.911. The van der Waals surface area contributed by atoms with Gasteiger partial charge in [-0.2, -0.15) is 0 Å². The SMILES string of the molecule is C1=CC(c2cccc(-c3ccccc3)c2)Cc2c1sc1c(-c3cccc(-c4cnc5c6ccc(-c7ccccc7)cc6c6cc(-c7ccccc7)ccc6c5n4)c3)cc(-c3cccc(-c4ccccc4)c3)cc21. The lowest BCUT2D eigenvalue weighted by atomic mass is 9.85. The van der Waals surface area contributed by atoms with E-state index in [1.807, 2.05) is 17.5 Å². The van der Waals surface area contributed by atoms with E-state index in [1.165, 1.54) is 98.1 Å². The van der Waals surface area contributed by atoms with Gasteiger partial charge < -0.3 is 0 Å². The van der Waals surface area contributed by atoms with Crippen LogP contribution in [0.15, 0.2) is 255 Å². The summed E-state index contributed by atoms with van der Waals surface area (Å²) < 4.78 is 1.31. The van der Waals surface area contributed by atoms with Crippen LogP contribution in [0.1, 0.15) is 21.9 Å². The molecule has 0 radical (unpaired) electrons. The van der Waals surface area contributed by atoms with Crippen LogP contribution in [-0.2, 0) is 6.42 Å². The van der Waals surface area contributed by atoms with Gasteiger partial charge in [0.1, 0.15) is 0 Å². The zero-order valence-electron chi connectivity index (χ0n) is 39.9. The first-order valence-electron chi connectivity index (χ1n) is 25.1. The highest BCUT2D eigenvalue weighted by Gasteiger charge is 2.24. The average molecular weight is 947 g/mol. The van der Waals surface area contributed by atoms with Crippen molar-refractivity contribution < 1.29 is 0 Å². The van der Waals surface area contributed by atoms with Crippen molar-refractivity contribution in [1.29, 1.82) is 0 Å². The van der Waals surface area contributed by atoms with E-state index in [4.69, 9.17) is 9.97 Å². The summed E-state index contributed by atoms with van der Waals surface area (Å²) in [6, 6.07) is 88.2. The molecule has 0 aliphatic heterocycles. The maximum Gasteiger partial charge on any atom is 0.0979 e. The maximum absolute atomic E-state index is 5.55. The Labute approximate surface area is 428 Å². The number of rotatable bonds is 8. The molecular formula is C70H46N2S. The summed E-state index contributed by atoms with van der Waals surface area (Å²) in [7, 11) is 0. The molecule has 342 valence electrons. The Morgan fingerprint density at radius 3 is 1.45 bits per heavy atom. The molecule has 2 heterocycles. The van der Waals surface area contributed by atoms with Gasteiger partial charge in [0.25, 0.3) is 0 Å². The predicted octanol–water partition coefficient (Wildman–Crippen LogP) is 19.2. The highest BCUT2D eigenvalue weighted by atomic mass is 32.1. The van der Waals surface area contributed by atoms with Gasteiger partial charge in [-0.25, -0.2) is 4.98 Å². The highest BCUT2D eigenvalue weighted by molar-refractivity contribution is 7.20. The van der Waals surface area contributed by atoms with Crippen molar-refractivity contribution in [3.63, 3.8) is 0 Å². The molecule has 0 spiro atoms. The van der Waals surface area contributed by atoms with Gasteiger partial charge in [0, 0.05) is 37.4 Å². The number of hydrogen-bond acceptors (Lipinski definition) is 3. The third kappa shape index (κ3) is 7.83. The van der Waals surface area contributed by atoms with Crippen molar-refractivity contribution in [2.75, 3.05) is 0 Å². The number of fused-ring (bicyclic) bond motifs is 9. The van der Waals surface area contributed by atoms with E-state index in [0.717, 1.165) is 45.0 Å². The summed E-state index contributed by atoms with van der Waals surface area (Å²) >= 11 is 1.91. The summed E-state index contributed by atoms with van der Waals surface area (Å²) in [4.78, 5) is 12.2. The van der Waals surface area contributed by atoms with E-state index >= 15 is 0 Å². The Morgan fingerprint density at radius 2 is 0.836 bits per heavy atom. The van der Waals surface area contributed by atoms with Gasteiger partial charge in [-0.3, -0.25) is 4.98 Å². The van der Waals surface area contributed by atoms with Crippen molar-refractivity contribution in [1.82, 2.24) is 9.97 Å². The normalized spacial score (nSPS) is 13.2. The fraction of sp³-hybridized carbons (Fsp3) is 0.0286. The van der Waals surface area contributed by atoms with Crippen LogP contribution in [-0.4, -0.2) is 9.97 Å². The number of hydrogen-bond donors (Lipinski definition) is 0. The minimum atomic E-state index is 0.265. The van der Waals surface area contributed by atoms with Gasteiger partial charge in [0.2, 0.25) is 0 Å². The van der Waals surface area contributed by atoms with E-state index < -0.39 is 0 Å². The Bertz CT molecular complexity index is 4270. The Kier molecular flexibility index (Phi) is 10.6. The summed E-state index contributed by atoms with van der Waals surface area (Å²) in [5.41, 5.74) is 20.9. The molecule has 14 rings (SSSR count). The topological polar surface area (TPSA) is 25.8 Å². The molecule has 13 aromatic rings. The van der Waals surface area contributed by atoms with E-state index in [1.54, 1.807) is 0 Å². The lowest BCUT2D eigenvalue weighted by molar-refractivity contribution is 0.837. The molecule has 0 saturated carbocycles. The maximum atomic E-state index is 5.55. The summed E-state index contributed by atoms with van der Waals surface area (Å²) in [5, 5.41) is 5.85. The number of thiophene rings is 1. The first-order chi connectivity index (χ1) is 36.1. The van der Waals surface area contributed by atoms with Crippen LogP contribution < -0.4 is 0 Å². The average Bonchev–Trinajstić information content (AvgIpc) is 3.85. The Morgan fingerprint density at radius 1 is 0.356 bits per heavy atom. The van der Waals surface area contributed by atoms with Gasteiger partial charge in [-0.05, 0) is 137 Å². The molecule has 2 aromatic heterocycles. The van der Waals surface area contributed by atoms with E-state index in [2.05, 4.69) is 255 Å². The van der Waals surface area contributed by atoms with E-state index in [0.29, 0.717) is 0 Å². The lowest BCUT2D eigenvalue weighted by Crippen LogP contribution is -2.04. The molecule has 0 N–H and O–H groups in total. The third-order valence-corrected chi connectivity index (χ3v) is 16.1. The second-order valence-corrected chi connectivity index (χ2v) is 20.3. The molecule has 0 bridgehead atoms. The molecular weight excluding hydrogens is 901 g/mol. The molecule has 0 saturated heterocycles. The zero-order valence-corrected chi connectivity index (χ0v) is 40.7. The van der Waals surface area contributed by atoms with Crippen LogP contribution in [0.4, 0.5) is 0 Å². The van der Waals surface area contributed by atoms with Gasteiger partial charge in [0.05, 0.1) is 22.9 Å². The molecule has 73 heavy (non-hydrogen) atoms. The van der Waals surface area contributed by atoms with Crippen LogP contribution in [0.5, 0.6) is 0 Å². The molecule has 11 aromatic carbocycles. The molecule has 1 aliphatic rings. The first kappa shape index (κ1) is 42.8. The van der Waals surface area contributed by atoms with Crippen LogP contribution in [0.2, 0.25) is 0 Å². The van der Waals surface area contributed by atoms with Gasteiger partial charge >= 0.3 is 0 Å². The van der Waals surface area contributed by atoms with Gasteiger partial charge in [0.15, 0.2) is 0 Å². The molecule has 1 unspecified atom stereocenters. The molecule has 0 amide bonds. The summed E-state index contributed by atoms with van der Waals surface area (Å²) in [6.07, 6.45) is 7.71. The predicted molar refractivity (Wildman–Crippen MR) is 310 cm³/mol. The monoisotopic (exact) mass is 946 g/mol. The molecule has 1 aliphatic carbocycles. The first-order valence-corrected chi connectivity index (χ1v) is 25.9. The standard InChI is InChI=1S/C70H46N2S/c1-5-16-45(17-6-1)49-24-13-26-51(36-49)55-32-35-67-64(41-55)65-43-58(52-27-14-25-50(37-52)46-18-7-2-8-19-46)42-61(70(65)73-67)56-28-15-29-57(38-56)66-44-71-68-59-33-30-53(47-20-9-3-10-21-47)39-62(59)63-40-54(48-22-11-4-12-23-48)31-34-60(63)69(68)72-66/h1-40,42-44,55H,41H2. The largest absolute Gasteiger partial charge is 0.252 e. The second-order valence-electron chi connectivity index (χ2n) is 19.2. The van der Waals surface area contributed by atoms with E-state index in [9.17, 15) is 0 Å². The van der Waals surface area contributed by atoms with E-state index in [-0.39, 0.29) is 5.92 Å². The zero-order chi connectivity index (χ0) is 48.2. The number of allylic oxidation sites excluding steroid dienone is 1. The van der Waals surface area contributed by atoms with Crippen LogP contribution in [0.3, 0.4) is 0 Å². The quantitative estimate of drug-likeness (QED) is 0.142.